The lowest BCUT2D eigenvalue weighted by molar-refractivity contribution is 0.176. The predicted molar refractivity (Wildman–Crippen MR) is 54.9 cm³/mol. The highest BCUT2D eigenvalue weighted by atomic mass is 35.7. The van der Waals surface area contributed by atoms with Crippen LogP contribution in [0.25, 0.3) is 0 Å². The molecule has 0 aromatic heterocycles. The van der Waals surface area contributed by atoms with Crippen LogP contribution in [0, 0.1) is 0 Å². The normalized spacial score (nSPS) is 16.4. The molecule has 0 heterocycles. The van der Waals surface area contributed by atoms with Gasteiger partial charge in [0.1, 0.15) is 0 Å². The van der Waals surface area contributed by atoms with E-state index >= 15 is 0 Å². The first-order chi connectivity index (χ1) is 5.69. The lowest BCUT2D eigenvalue weighted by Gasteiger charge is -2.19. The fraction of sp³-hybridized carbons (Fsp3) is 0.833. The molecule has 0 radical (unpaired) electrons. The van der Waals surface area contributed by atoms with Crippen molar-refractivity contribution >= 4 is 32.0 Å². The summed E-state index contributed by atoms with van der Waals surface area (Å²) in [5, 5.41) is 0. The first kappa shape index (κ1) is 13.2. The Balaban J connectivity index is 4.41. The van der Waals surface area contributed by atoms with Gasteiger partial charge in [0.05, 0.1) is 6.61 Å². The summed E-state index contributed by atoms with van der Waals surface area (Å²) in [5.41, 5.74) is -0.959. The van der Waals surface area contributed by atoms with E-state index < -0.39 is 20.7 Å². The van der Waals surface area contributed by atoms with Gasteiger partial charge in [-0.2, -0.15) is 0 Å². The summed E-state index contributed by atoms with van der Waals surface area (Å²) in [6.45, 7) is 3.39. The third kappa shape index (κ3) is 5.47. The number of rotatable bonds is 4. The van der Waals surface area contributed by atoms with Gasteiger partial charge < -0.3 is 8.95 Å². The molecule has 0 bridgehead atoms. The quantitative estimate of drug-likeness (QED) is 0.562. The number of hydrogen-bond acceptors (Lipinski definition) is 4. The third-order valence-electron chi connectivity index (χ3n) is 0.877. The van der Waals surface area contributed by atoms with Crippen molar-refractivity contribution < 1.29 is 18.3 Å². The molecule has 78 valence electrons. The summed E-state index contributed by atoms with van der Waals surface area (Å²) < 4.78 is 21.0. The molecular weight excluding hydrogens is 231 g/mol. The Labute approximate surface area is 83.9 Å². The number of ether oxygens (including phenoxy) is 1. The molecule has 0 saturated carbocycles. The molecule has 13 heavy (non-hydrogen) atoms. The van der Waals surface area contributed by atoms with Crippen molar-refractivity contribution in [2.24, 2.45) is 0 Å². The Morgan fingerprint density at radius 1 is 1.46 bits per heavy atom. The Morgan fingerprint density at radius 2 is 1.92 bits per heavy atom. The van der Waals surface area contributed by atoms with Crippen LogP contribution in [0.3, 0.4) is 0 Å². The molecule has 0 aromatic carbocycles. The van der Waals surface area contributed by atoms with E-state index in [1.54, 1.807) is 26.6 Å². The standard InChI is InChI=1S/C6H14ClO4PSi/c1-5-10-6(8)12(7,9)11-13(2,3)4/h5H2,1-4H3. The maximum absolute atomic E-state index is 11.4. The topological polar surface area (TPSA) is 52.6 Å². The van der Waals surface area contributed by atoms with Crippen LogP contribution in [0.5, 0.6) is 0 Å². The second-order valence-electron chi connectivity index (χ2n) is 3.38. The van der Waals surface area contributed by atoms with Crippen LogP contribution in [0.4, 0.5) is 4.79 Å². The Hall–Kier alpha value is 0.167. The molecule has 4 nitrogen and oxygen atoms in total. The molecule has 0 amide bonds. The second kappa shape index (κ2) is 4.60. The summed E-state index contributed by atoms with van der Waals surface area (Å²) >= 11 is 5.44. The highest BCUT2D eigenvalue weighted by Gasteiger charge is 2.37. The number of carbonyl (C=O) groups excluding carboxylic acids is 1. The summed E-state index contributed by atoms with van der Waals surface area (Å²) in [6, 6.07) is 0. The third-order valence-corrected chi connectivity index (χ3v) is 5.61. The Morgan fingerprint density at radius 3 is 2.23 bits per heavy atom. The second-order valence-corrected chi connectivity index (χ2v) is 11.0. The molecule has 0 saturated heterocycles. The van der Waals surface area contributed by atoms with Gasteiger partial charge in [0.15, 0.2) is 8.32 Å². The van der Waals surface area contributed by atoms with Crippen LogP contribution < -0.4 is 0 Å². The highest BCUT2D eigenvalue weighted by molar-refractivity contribution is 7.98. The molecule has 0 rings (SSSR count). The summed E-state index contributed by atoms with van der Waals surface area (Å²) in [6.07, 6.45) is 0. The Kier molecular flexibility index (Phi) is 4.66. The van der Waals surface area contributed by atoms with E-state index in [0.717, 1.165) is 0 Å². The maximum Gasteiger partial charge on any atom is 0.406 e. The Bertz CT molecular complexity index is 237. The van der Waals surface area contributed by atoms with Crippen molar-refractivity contribution in [1.82, 2.24) is 0 Å². The molecule has 0 aliphatic rings. The molecule has 0 spiro atoms. The zero-order valence-electron chi connectivity index (χ0n) is 8.17. The SMILES string of the molecule is CCOC(=O)P(=O)(Cl)O[Si](C)(C)C. The van der Waals surface area contributed by atoms with Gasteiger partial charge in [-0.05, 0) is 37.8 Å². The van der Waals surface area contributed by atoms with Crippen LogP contribution >= 0.6 is 18.0 Å². The van der Waals surface area contributed by atoms with E-state index in [-0.39, 0.29) is 6.61 Å². The molecule has 0 aliphatic heterocycles. The zero-order chi connectivity index (χ0) is 10.7. The lowest BCUT2D eigenvalue weighted by atomic mass is 10.9. The molecule has 1 atom stereocenters. The highest BCUT2D eigenvalue weighted by Crippen LogP contribution is 2.56. The van der Waals surface area contributed by atoms with Crippen molar-refractivity contribution in [3.63, 3.8) is 0 Å². The van der Waals surface area contributed by atoms with Crippen molar-refractivity contribution in [1.29, 1.82) is 0 Å². The van der Waals surface area contributed by atoms with E-state index in [2.05, 4.69) is 4.74 Å². The summed E-state index contributed by atoms with van der Waals surface area (Å²) in [4.78, 5) is 11.0. The molecular formula is C6H14ClO4PSi. The van der Waals surface area contributed by atoms with Crippen LogP contribution in [0.15, 0.2) is 0 Å². The average Bonchev–Trinajstić information content (AvgIpc) is 1.82. The molecule has 7 heteroatoms. The fourth-order valence-corrected chi connectivity index (χ4v) is 6.00. The van der Waals surface area contributed by atoms with E-state index in [9.17, 15) is 9.36 Å². The van der Waals surface area contributed by atoms with Crippen molar-refractivity contribution in [2.75, 3.05) is 6.61 Å². The lowest BCUT2D eigenvalue weighted by Crippen LogP contribution is -2.24. The van der Waals surface area contributed by atoms with E-state index in [4.69, 9.17) is 15.5 Å². The monoisotopic (exact) mass is 244 g/mol. The summed E-state index contributed by atoms with van der Waals surface area (Å²) in [5.74, 6) is 0. The predicted octanol–water partition coefficient (Wildman–Crippen LogP) is 3.43. The first-order valence-electron chi connectivity index (χ1n) is 3.87. The van der Waals surface area contributed by atoms with E-state index in [1.807, 2.05) is 0 Å². The van der Waals surface area contributed by atoms with E-state index in [1.165, 1.54) is 0 Å². The average molecular weight is 245 g/mol. The zero-order valence-corrected chi connectivity index (χ0v) is 10.8. The molecule has 0 aromatic rings. The van der Waals surface area contributed by atoms with Crippen LogP contribution in [0.1, 0.15) is 6.92 Å². The van der Waals surface area contributed by atoms with E-state index in [0.29, 0.717) is 0 Å². The van der Waals surface area contributed by atoms with Crippen molar-refractivity contribution in [2.45, 2.75) is 26.6 Å². The van der Waals surface area contributed by atoms with Gasteiger partial charge in [0.2, 0.25) is 0 Å². The van der Waals surface area contributed by atoms with Crippen molar-refractivity contribution in [3.8, 4) is 0 Å². The minimum absolute atomic E-state index is 0.143. The molecule has 0 fully saturated rings. The molecule has 1 unspecified atom stereocenters. The van der Waals surface area contributed by atoms with Gasteiger partial charge in [-0.1, -0.05) is 0 Å². The number of carbonyl (C=O) groups is 1. The van der Waals surface area contributed by atoms with Gasteiger partial charge in [-0.15, -0.1) is 0 Å². The van der Waals surface area contributed by atoms with Gasteiger partial charge in [-0.3, -0.25) is 4.57 Å². The molecule has 0 aliphatic carbocycles. The van der Waals surface area contributed by atoms with Gasteiger partial charge >= 0.3 is 12.4 Å². The van der Waals surface area contributed by atoms with Gasteiger partial charge in [0, 0.05) is 0 Å². The van der Waals surface area contributed by atoms with Crippen LogP contribution in [-0.2, 0) is 13.5 Å². The number of hydrogen-bond donors (Lipinski definition) is 0. The minimum Gasteiger partial charge on any atom is -0.458 e. The maximum atomic E-state index is 11.4. The minimum atomic E-state index is -3.75. The summed E-state index contributed by atoms with van der Waals surface area (Å²) in [7, 11) is -2.08. The number of halogens is 1. The largest absolute Gasteiger partial charge is 0.458 e. The molecule has 0 N–H and O–H groups in total. The van der Waals surface area contributed by atoms with Crippen LogP contribution in [-0.4, -0.2) is 20.6 Å². The smallest absolute Gasteiger partial charge is 0.406 e. The van der Waals surface area contributed by atoms with Crippen LogP contribution in [0.2, 0.25) is 19.6 Å². The van der Waals surface area contributed by atoms with Crippen molar-refractivity contribution in [3.05, 3.63) is 0 Å². The first-order valence-corrected chi connectivity index (χ1v) is 9.80. The van der Waals surface area contributed by atoms with Gasteiger partial charge in [-0.25, -0.2) is 4.79 Å². The van der Waals surface area contributed by atoms with Gasteiger partial charge in [0.25, 0.3) is 0 Å². The fourth-order valence-electron chi connectivity index (χ4n) is 0.590.